The summed E-state index contributed by atoms with van der Waals surface area (Å²) in [5.74, 6) is 3.80. The predicted molar refractivity (Wildman–Crippen MR) is 50.7 cm³/mol. The van der Waals surface area contributed by atoms with Gasteiger partial charge in [0.2, 0.25) is 0 Å². The van der Waals surface area contributed by atoms with Gasteiger partial charge in [-0.05, 0) is 50.4 Å². The van der Waals surface area contributed by atoms with Crippen molar-refractivity contribution in [1.29, 1.82) is 0 Å². The number of hydrogen-bond acceptors (Lipinski definition) is 0. The Morgan fingerprint density at radius 2 is 2.08 bits per heavy atom. The maximum atomic E-state index is 2.55. The minimum absolute atomic E-state index is 0.928. The lowest BCUT2D eigenvalue weighted by atomic mass is 9.82. The van der Waals surface area contributed by atoms with Crippen LogP contribution in [0, 0.1) is 23.7 Å². The molecule has 4 atom stereocenters. The monoisotopic (exact) mass is 160 g/mol. The molecule has 12 heavy (non-hydrogen) atoms. The lowest BCUT2D eigenvalue weighted by molar-refractivity contribution is 0.386. The van der Waals surface area contributed by atoms with Crippen LogP contribution < -0.4 is 0 Å². The lowest BCUT2D eigenvalue weighted by Gasteiger charge is -2.22. The molecule has 3 aliphatic rings. The Balaban J connectivity index is 2.00. The molecule has 0 spiro atoms. The van der Waals surface area contributed by atoms with Gasteiger partial charge < -0.3 is 0 Å². The molecular weight excluding hydrogens is 144 g/mol. The van der Waals surface area contributed by atoms with Crippen molar-refractivity contribution in [3.8, 4) is 0 Å². The molecule has 0 nitrogen and oxygen atoms in total. The Kier molecular flexibility index (Phi) is 1.18. The van der Waals surface area contributed by atoms with Crippen molar-refractivity contribution in [1.82, 2.24) is 0 Å². The van der Waals surface area contributed by atoms with Gasteiger partial charge in [-0.3, -0.25) is 0 Å². The Morgan fingerprint density at radius 1 is 1.25 bits per heavy atom. The summed E-state index contributed by atoms with van der Waals surface area (Å²) in [6.45, 7) is 4.62. The summed E-state index contributed by atoms with van der Waals surface area (Å²) < 4.78 is 0. The summed E-state index contributed by atoms with van der Waals surface area (Å²) >= 11 is 0. The van der Waals surface area contributed by atoms with Crippen LogP contribution in [0.1, 0.15) is 26.7 Å². The van der Waals surface area contributed by atoms with Crippen LogP contribution >= 0.6 is 0 Å². The van der Waals surface area contributed by atoms with Crippen molar-refractivity contribution in [2.75, 3.05) is 0 Å². The van der Waals surface area contributed by atoms with Crippen molar-refractivity contribution >= 4 is 0 Å². The Hall–Kier alpha value is -0.520. The first-order chi connectivity index (χ1) is 5.75. The van der Waals surface area contributed by atoms with Gasteiger partial charge in [-0.2, -0.15) is 0 Å². The second-order valence-corrected chi connectivity index (χ2v) is 4.88. The minimum atomic E-state index is 0.928. The van der Waals surface area contributed by atoms with Crippen LogP contribution in [0.3, 0.4) is 0 Å². The third kappa shape index (κ3) is 0.688. The molecule has 0 aromatic rings. The second-order valence-electron chi connectivity index (χ2n) is 4.88. The molecule has 1 fully saturated rings. The van der Waals surface area contributed by atoms with Crippen molar-refractivity contribution in [2.24, 2.45) is 23.7 Å². The van der Waals surface area contributed by atoms with Gasteiger partial charge in [0.1, 0.15) is 0 Å². The standard InChI is InChI=1S/C12H16/c1-7-3-11-9-5-8(2)10(6-9)12(11)4-7/h4-5,9-12H,3,6H2,1-2H3/t9-,10-,11?,12?/m0/s1. The van der Waals surface area contributed by atoms with Crippen LogP contribution in [0.5, 0.6) is 0 Å². The van der Waals surface area contributed by atoms with E-state index in [1.165, 1.54) is 12.8 Å². The average Bonchev–Trinajstić information content (AvgIpc) is 2.57. The van der Waals surface area contributed by atoms with Crippen LogP contribution in [-0.2, 0) is 0 Å². The fourth-order valence-corrected chi connectivity index (χ4v) is 3.65. The third-order valence-corrected chi connectivity index (χ3v) is 4.13. The molecule has 2 bridgehead atoms. The molecule has 0 aliphatic heterocycles. The largest absolute Gasteiger partial charge is 0.0819 e. The van der Waals surface area contributed by atoms with Crippen molar-refractivity contribution in [3.63, 3.8) is 0 Å². The zero-order valence-electron chi connectivity index (χ0n) is 7.88. The summed E-state index contributed by atoms with van der Waals surface area (Å²) in [5.41, 5.74) is 3.31. The van der Waals surface area contributed by atoms with Crippen LogP contribution in [0.25, 0.3) is 0 Å². The van der Waals surface area contributed by atoms with Crippen LogP contribution in [0.15, 0.2) is 23.3 Å². The summed E-state index contributed by atoms with van der Waals surface area (Å²) in [5, 5.41) is 0. The summed E-state index contributed by atoms with van der Waals surface area (Å²) in [6, 6.07) is 0. The first kappa shape index (κ1) is 6.94. The highest BCUT2D eigenvalue weighted by Gasteiger charge is 2.47. The van der Waals surface area contributed by atoms with Gasteiger partial charge in [-0.15, -0.1) is 0 Å². The van der Waals surface area contributed by atoms with Crippen molar-refractivity contribution in [2.45, 2.75) is 26.7 Å². The maximum Gasteiger partial charge on any atom is -0.0128 e. The Bertz CT molecular complexity index is 282. The van der Waals surface area contributed by atoms with Crippen molar-refractivity contribution in [3.05, 3.63) is 23.3 Å². The fourth-order valence-electron chi connectivity index (χ4n) is 3.65. The molecule has 0 saturated heterocycles. The molecule has 1 saturated carbocycles. The molecule has 0 N–H and O–H groups in total. The molecule has 0 heteroatoms. The van der Waals surface area contributed by atoms with Gasteiger partial charge in [0.05, 0.1) is 0 Å². The first-order valence-corrected chi connectivity index (χ1v) is 5.11. The minimum Gasteiger partial charge on any atom is -0.0819 e. The van der Waals surface area contributed by atoms with E-state index in [-0.39, 0.29) is 0 Å². The molecule has 0 radical (unpaired) electrons. The molecule has 0 heterocycles. The predicted octanol–water partition coefficient (Wildman–Crippen LogP) is 3.16. The molecule has 2 unspecified atom stereocenters. The maximum absolute atomic E-state index is 2.55. The van der Waals surface area contributed by atoms with Gasteiger partial charge >= 0.3 is 0 Å². The first-order valence-electron chi connectivity index (χ1n) is 5.11. The molecule has 0 aromatic carbocycles. The quantitative estimate of drug-likeness (QED) is 0.477. The van der Waals surface area contributed by atoms with E-state index < -0.39 is 0 Å². The van der Waals surface area contributed by atoms with Gasteiger partial charge in [0.15, 0.2) is 0 Å². The molecule has 0 aromatic heterocycles. The fraction of sp³-hybridized carbons (Fsp3) is 0.667. The van der Waals surface area contributed by atoms with E-state index in [4.69, 9.17) is 0 Å². The summed E-state index contributed by atoms with van der Waals surface area (Å²) in [4.78, 5) is 0. The summed E-state index contributed by atoms with van der Waals surface area (Å²) in [6.07, 6.45) is 7.94. The highest BCUT2D eigenvalue weighted by Crippen LogP contribution is 2.56. The number of hydrogen-bond donors (Lipinski definition) is 0. The molecule has 3 aliphatic carbocycles. The van der Waals surface area contributed by atoms with Gasteiger partial charge in [0, 0.05) is 0 Å². The average molecular weight is 160 g/mol. The smallest absolute Gasteiger partial charge is 0.0128 e. The normalized spacial score (nSPS) is 49.2. The SMILES string of the molecule is CC1=CC2C(C1)[C@H]1C=C(C)[C@@H]2C1. The lowest BCUT2D eigenvalue weighted by Crippen LogP contribution is -2.15. The second kappa shape index (κ2) is 2.04. The Morgan fingerprint density at radius 3 is 2.92 bits per heavy atom. The van der Waals surface area contributed by atoms with Crippen LogP contribution in [-0.4, -0.2) is 0 Å². The number of allylic oxidation sites excluding steroid dienone is 4. The number of rotatable bonds is 0. The van der Waals surface area contributed by atoms with E-state index in [2.05, 4.69) is 26.0 Å². The highest BCUT2D eigenvalue weighted by atomic mass is 14.5. The van der Waals surface area contributed by atoms with E-state index in [1.54, 1.807) is 11.1 Å². The Labute approximate surface area is 74.4 Å². The number of fused-ring (bicyclic) bond motifs is 5. The van der Waals surface area contributed by atoms with E-state index in [0.717, 1.165) is 23.7 Å². The highest BCUT2D eigenvalue weighted by molar-refractivity contribution is 5.29. The van der Waals surface area contributed by atoms with E-state index in [9.17, 15) is 0 Å². The zero-order valence-corrected chi connectivity index (χ0v) is 7.88. The third-order valence-electron chi connectivity index (χ3n) is 4.13. The zero-order chi connectivity index (χ0) is 8.29. The van der Waals surface area contributed by atoms with E-state index >= 15 is 0 Å². The van der Waals surface area contributed by atoms with Gasteiger partial charge in [0.25, 0.3) is 0 Å². The molecule has 0 amide bonds. The van der Waals surface area contributed by atoms with Gasteiger partial charge in [-0.25, -0.2) is 0 Å². The van der Waals surface area contributed by atoms with E-state index in [0.29, 0.717) is 0 Å². The summed E-state index contributed by atoms with van der Waals surface area (Å²) in [7, 11) is 0. The van der Waals surface area contributed by atoms with Crippen LogP contribution in [0.4, 0.5) is 0 Å². The van der Waals surface area contributed by atoms with E-state index in [1.807, 2.05) is 0 Å². The topological polar surface area (TPSA) is 0 Å². The van der Waals surface area contributed by atoms with Crippen molar-refractivity contribution < 1.29 is 0 Å². The molecule has 64 valence electrons. The molecular formula is C12H16. The van der Waals surface area contributed by atoms with Gasteiger partial charge in [-0.1, -0.05) is 23.3 Å². The molecule has 3 rings (SSSR count). The van der Waals surface area contributed by atoms with Crippen LogP contribution in [0.2, 0.25) is 0 Å².